The number of hydrogen-bond donors (Lipinski definition) is 4. The van der Waals surface area contributed by atoms with Crippen molar-refractivity contribution in [3.05, 3.63) is 115 Å². The molecule has 5 rings (SSSR count). The predicted octanol–water partition coefficient (Wildman–Crippen LogP) is 8.32. The Bertz CT molecular complexity index is 1380. The average Bonchev–Trinajstić information content (AvgIpc) is 2.89. The first-order valence-electron chi connectivity index (χ1n) is 14.3. The molecule has 8 bridgehead atoms. The van der Waals surface area contributed by atoms with E-state index in [0.717, 1.165) is 66.8 Å². The summed E-state index contributed by atoms with van der Waals surface area (Å²) >= 11 is 0. The second kappa shape index (κ2) is 10.6. The number of aryl methyl sites for hydroxylation is 4. The lowest BCUT2D eigenvalue weighted by Gasteiger charge is -2.25. The summed E-state index contributed by atoms with van der Waals surface area (Å²) in [6, 6.07) is 15.9. The van der Waals surface area contributed by atoms with Crippen LogP contribution in [0.5, 0.6) is 23.0 Å². The molecule has 1 aliphatic carbocycles. The van der Waals surface area contributed by atoms with Gasteiger partial charge in [-0.2, -0.15) is 0 Å². The van der Waals surface area contributed by atoms with E-state index in [9.17, 15) is 20.4 Å². The van der Waals surface area contributed by atoms with E-state index in [1.807, 2.05) is 76.2 Å². The van der Waals surface area contributed by atoms with E-state index in [1.165, 1.54) is 0 Å². The number of fused-ring (bicyclic) bond motifs is 8. The van der Waals surface area contributed by atoms with Crippen molar-refractivity contribution >= 4 is 0 Å². The minimum absolute atomic E-state index is 0.208. The van der Waals surface area contributed by atoms with Crippen LogP contribution in [0, 0.1) is 27.7 Å². The standard InChI is InChI=1S/C36H40O4/c1-7-27-29-13-19(3)9-23(33(29)37)17-25-11-21(5)15-31(35(25)39)28(8-2)32-16-22(6)12-26(36(32)40)18-24-10-20(4)14-30(27)34(24)38/h9-16,27-28,37-40H,7-8,17-18H2,1-6H3. The van der Waals surface area contributed by atoms with Gasteiger partial charge in [-0.1, -0.05) is 84.6 Å². The van der Waals surface area contributed by atoms with Crippen LogP contribution in [0.2, 0.25) is 0 Å². The summed E-state index contributed by atoms with van der Waals surface area (Å²) in [7, 11) is 0. The summed E-state index contributed by atoms with van der Waals surface area (Å²) in [5, 5.41) is 46.6. The van der Waals surface area contributed by atoms with Crippen LogP contribution in [0.15, 0.2) is 48.5 Å². The molecule has 0 amide bonds. The molecule has 208 valence electrons. The maximum atomic E-state index is 11.6. The van der Waals surface area contributed by atoms with Crippen molar-refractivity contribution in [1.82, 2.24) is 0 Å². The van der Waals surface area contributed by atoms with E-state index < -0.39 is 0 Å². The summed E-state index contributed by atoms with van der Waals surface area (Å²) in [5.74, 6) is 0.385. The maximum absolute atomic E-state index is 11.6. The van der Waals surface area contributed by atoms with Gasteiger partial charge in [0.2, 0.25) is 0 Å². The molecule has 0 fully saturated rings. The first-order chi connectivity index (χ1) is 19.0. The van der Waals surface area contributed by atoms with Gasteiger partial charge >= 0.3 is 0 Å². The summed E-state index contributed by atoms with van der Waals surface area (Å²) < 4.78 is 0. The fourth-order valence-electron chi connectivity index (χ4n) is 6.76. The quantitative estimate of drug-likeness (QED) is 0.208. The van der Waals surface area contributed by atoms with Gasteiger partial charge in [-0.25, -0.2) is 0 Å². The number of hydrogen-bond acceptors (Lipinski definition) is 4. The number of aromatic hydroxyl groups is 4. The summed E-state index contributed by atoms with van der Waals surface area (Å²) in [6.07, 6.45) is 2.10. The third-order valence-electron chi connectivity index (χ3n) is 8.53. The smallest absolute Gasteiger partial charge is 0.122 e. The normalized spacial score (nSPS) is 16.6. The van der Waals surface area contributed by atoms with Crippen LogP contribution < -0.4 is 0 Å². The van der Waals surface area contributed by atoms with E-state index in [2.05, 4.69) is 13.8 Å². The van der Waals surface area contributed by atoms with Crippen LogP contribution in [0.1, 0.15) is 105 Å². The highest BCUT2D eigenvalue weighted by atomic mass is 16.3. The molecule has 0 aliphatic heterocycles. The minimum atomic E-state index is -0.224. The second-order valence-electron chi connectivity index (χ2n) is 11.7. The second-order valence-corrected chi connectivity index (χ2v) is 11.7. The van der Waals surface area contributed by atoms with Gasteiger partial charge in [0.15, 0.2) is 0 Å². The van der Waals surface area contributed by atoms with Crippen molar-refractivity contribution in [2.24, 2.45) is 0 Å². The summed E-state index contributed by atoms with van der Waals surface area (Å²) in [6.45, 7) is 12.2. The fraction of sp³-hybridized carbons (Fsp3) is 0.333. The molecule has 0 unspecified atom stereocenters. The largest absolute Gasteiger partial charge is 0.507 e. The highest BCUT2D eigenvalue weighted by Crippen LogP contribution is 2.46. The molecule has 40 heavy (non-hydrogen) atoms. The van der Waals surface area contributed by atoms with E-state index in [1.54, 1.807) is 0 Å². The number of phenolic OH excluding ortho intramolecular Hbond substituents is 4. The van der Waals surface area contributed by atoms with Gasteiger partial charge in [0.1, 0.15) is 23.0 Å². The lowest BCUT2D eigenvalue weighted by atomic mass is 9.81. The van der Waals surface area contributed by atoms with Crippen molar-refractivity contribution in [1.29, 1.82) is 0 Å². The molecule has 0 heterocycles. The Morgan fingerprint density at radius 3 is 0.875 bits per heavy atom. The molecule has 0 saturated heterocycles. The molecule has 4 N–H and O–H groups in total. The molecular weight excluding hydrogens is 496 g/mol. The Labute approximate surface area is 237 Å². The molecule has 4 heteroatoms. The zero-order valence-electron chi connectivity index (χ0n) is 24.4. The van der Waals surface area contributed by atoms with Crippen molar-refractivity contribution in [2.75, 3.05) is 0 Å². The first kappa shape index (κ1) is 27.6. The van der Waals surface area contributed by atoms with Gasteiger partial charge in [0.25, 0.3) is 0 Å². The van der Waals surface area contributed by atoms with Gasteiger partial charge in [0.05, 0.1) is 0 Å². The van der Waals surface area contributed by atoms with Gasteiger partial charge in [-0.05, 0) is 62.8 Å². The Morgan fingerprint density at radius 1 is 0.450 bits per heavy atom. The highest BCUT2D eigenvalue weighted by Gasteiger charge is 2.27. The monoisotopic (exact) mass is 536 g/mol. The van der Waals surface area contributed by atoms with E-state index >= 15 is 0 Å². The maximum Gasteiger partial charge on any atom is 0.122 e. The van der Waals surface area contributed by atoms with Crippen LogP contribution >= 0.6 is 0 Å². The molecule has 0 atom stereocenters. The number of benzene rings is 4. The van der Waals surface area contributed by atoms with Crippen LogP contribution in [-0.2, 0) is 12.8 Å². The molecule has 1 aliphatic rings. The van der Waals surface area contributed by atoms with Gasteiger partial charge < -0.3 is 20.4 Å². The minimum Gasteiger partial charge on any atom is -0.507 e. The fourth-order valence-corrected chi connectivity index (χ4v) is 6.76. The Morgan fingerprint density at radius 2 is 0.675 bits per heavy atom. The molecule has 0 aromatic heterocycles. The van der Waals surface area contributed by atoms with Gasteiger partial charge in [-0.3, -0.25) is 0 Å². The van der Waals surface area contributed by atoms with E-state index in [4.69, 9.17) is 0 Å². The predicted molar refractivity (Wildman–Crippen MR) is 161 cm³/mol. The Kier molecular flexibility index (Phi) is 7.31. The zero-order chi connectivity index (χ0) is 28.9. The number of phenols is 4. The third kappa shape index (κ3) is 4.81. The zero-order valence-corrected chi connectivity index (χ0v) is 24.4. The van der Waals surface area contributed by atoms with Gasteiger partial charge in [-0.15, -0.1) is 0 Å². The highest BCUT2D eigenvalue weighted by molar-refractivity contribution is 5.59. The van der Waals surface area contributed by atoms with E-state index in [-0.39, 0.29) is 34.8 Å². The Hall–Kier alpha value is -3.92. The molecule has 0 spiro atoms. The average molecular weight is 537 g/mol. The lowest BCUT2D eigenvalue weighted by Crippen LogP contribution is -2.08. The SMILES string of the molecule is CCC1c2cc(C)cc(c2O)Cc2cc(C)cc(c2O)C(CC)c2cc(C)cc(c2O)Cc2cc(C)cc1c2O. The molecule has 4 aromatic carbocycles. The molecular formula is C36H40O4. The van der Waals surface area contributed by atoms with E-state index in [0.29, 0.717) is 25.7 Å². The number of rotatable bonds is 2. The van der Waals surface area contributed by atoms with Crippen molar-refractivity contribution in [3.63, 3.8) is 0 Å². The van der Waals surface area contributed by atoms with Crippen molar-refractivity contribution < 1.29 is 20.4 Å². The summed E-state index contributed by atoms with van der Waals surface area (Å²) in [5.41, 5.74) is 10.1. The van der Waals surface area contributed by atoms with Crippen LogP contribution in [0.3, 0.4) is 0 Å². The first-order valence-corrected chi connectivity index (χ1v) is 14.3. The van der Waals surface area contributed by atoms with Crippen LogP contribution in [0.4, 0.5) is 0 Å². The summed E-state index contributed by atoms with van der Waals surface area (Å²) in [4.78, 5) is 0. The van der Waals surface area contributed by atoms with Crippen molar-refractivity contribution in [2.45, 2.75) is 79.1 Å². The van der Waals surface area contributed by atoms with Gasteiger partial charge in [0, 0.05) is 46.9 Å². The van der Waals surface area contributed by atoms with Crippen LogP contribution in [-0.4, -0.2) is 20.4 Å². The lowest BCUT2D eigenvalue weighted by molar-refractivity contribution is 0.440. The Balaban J connectivity index is 1.88. The van der Waals surface area contributed by atoms with Crippen LogP contribution in [0.25, 0.3) is 0 Å². The molecule has 4 nitrogen and oxygen atoms in total. The third-order valence-corrected chi connectivity index (χ3v) is 8.53. The molecule has 0 saturated carbocycles. The molecule has 0 radical (unpaired) electrons. The topological polar surface area (TPSA) is 80.9 Å². The molecule has 4 aromatic rings. The van der Waals surface area contributed by atoms with Crippen molar-refractivity contribution in [3.8, 4) is 23.0 Å².